The minimum absolute atomic E-state index is 0.00411. The highest BCUT2D eigenvalue weighted by Crippen LogP contribution is 2.22. The van der Waals surface area contributed by atoms with Gasteiger partial charge in [0.2, 0.25) is 0 Å². The van der Waals surface area contributed by atoms with E-state index in [0.29, 0.717) is 5.69 Å². The van der Waals surface area contributed by atoms with Gasteiger partial charge in [0.25, 0.3) is 5.69 Å². The molecule has 0 aliphatic carbocycles. The zero-order chi connectivity index (χ0) is 13.7. The topological polar surface area (TPSA) is 67.5 Å². The standard InChI is InChI=1S/C14H13N3O2/c1-11-6-2-3-7-12(11)10-15-16-13-8-4-5-9-14(13)17(18)19/h2-10,16H,1H3/b15-10-. The number of para-hydroxylation sites is 2. The number of nitrogens with one attached hydrogen (secondary N) is 1. The summed E-state index contributed by atoms with van der Waals surface area (Å²) in [4.78, 5) is 10.4. The lowest BCUT2D eigenvalue weighted by molar-refractivity contribution is -0.384. The van der Waals surface area contributed by atoms with Crippen LogP contribution in [0.25, 0.3) is 0 Å². The van der Waals surface area contributed by atoms with Gasteiger partial charge in [-0.3, -0.25) is 15.5 Å². The second-order valence-electron chi connectivity index (χ2n) is 4.00. The van der Waals surface area contributed by atoms with Crippen LogP contribution in [0.4, 0.5) is 11.4 Å². The molecule has 2 aromatic rings. The van der Waals surface area contributed by atoms with Crippen molar-refractivity contribution >= 4 is 17.6 Å². The van der Waals surface area contributed by atoms with Crippen molar-refractivity contribution < 1.29 is 4.92 Å². The van der Waals surface area contributed by atoms with Crippen LogP contribution in [0.15, 0.2) is 53.6 Å². The normalized spacial score (nSPS) is 10.6. The van der Waals surface area contributed by atoms with E-state index in [2.05, 4.69) is 10.5 Å². The molecule has 5 nitrogen and oxygen atoms in total. The molecule has 0 aliphatic rings. The minimum atomic E-state index is -0.439. The molecule has 0 atom stereocenters. The number of hydrogen-bond acceptors (Lipinski definition) is 4. The molecule has 2 rings (SSSR count). The van der Waals surface area contributed by atoms with Gasteiger partial charge in [-0.2, -0.15) is 5.10 Å². The Morgan fingerprint density at radius 3 is 2.58 bits per heavy atom. The third-order valence-corrected chi connectivity index (χ3v) is 2.68. The number of aryl methyl sites for hydroxylation is 1. The molecule has 0 amide bonds. The maximum absolute atomic E-state index is 10.8. The largest absolute Gasteiger partial charge is 0.294 e. The Labute approximate surface area is 110 Å². The van der Waals surface area contributed by atoms with Gasteiger partial charge in [0.15, 0.2) is 0 Å². The van der Waals surface area contributed by atoms with Gasteiger partial charge in [-0.15, -0.1) is 0 Å². The molecule has 0 heterocycles. The second kappa shape index (κ2) is 5.77. The summed E-state index contributed by atoms with van der Waals surface area (Å²) in [5, 5.41) is 14.9. The van der Waals surface area contributed by atoms with E-state index in [1.807, 2.05) is 31.2 Å². The molecule has 5 heteroatoms. The summed E-state index contributed by atoms with van der Waals surface area (Å²) in [7, 11) is 0. The van der Waals surface area contributed by atoms with Crippen molar-refractivity contribution in [1.29, 1.82) is 0 Å². The molecule has 0 aromatic heterocycles. The molecule has 0 bridgehead atoms. The smallest absolute Gasteiger partial charge is 0.272 e. The lowest BCUT2D eigenvalue weighted by Crippen LogP contribution is -1.97. The molecule has 96 valence electrons. The Morgan fingerprint density at radius 1 is 1.16 bits per heavy atom. The molecule has 0 fully saturated rings. The summed E-state index contributed by atoms with van der Waals surface area (Å²) < 4.78 is 0. The molecule has 0 spiro atoms. The van der Waals surface area contributed by atoms with Crippen LogP contribution in [0.2, 0.25) is 0 Å². The quantitative estimate of drug-likeness (QED) is 0.517. The monoisotopic (exact) mass is 255 g/mol. The van der Waals surface area contributed by atoms with E-state index in [-0.39, 0.29) is 5.69 Å². The molecule has 0 radical (unpaired) electrons. The van der Waals surface area contributed by atoms with Crippen LogP contribution in [-0.2, 0) is 0 Å². The summed E-state index contributed by atoms with van der Waals surface area (Å²) in [6.07, 6.45) is 1.64. The first-order valence-electron chi connectivity index (χ1n) is 5.76. The van der Waals surface area contributed by atoms with E-state index >= 15 is 0 Å². The summed E-state index contributed by atoms with van der Waals surface area (Å²) in [5.41, 5.74) is 5.13. The van der Waals surface area contributed by atoms with Gasteiger partial charge >= 0.3 is 0 Å². The van der Waals surface area contributed by atoms with Crippen LogP contribution < -0.4 is 5.43 Å². The molecule has 0 aliphatic heterocycles. The number of benzene rings is 2. The third-order valence-electron chi connectivity index (χ3n) is 2.68. The Hall–Kier alpha value is -2.69. The van der Waals surface area contributed by atoms with Crippen molar-refractivity contribution in [2.24, 2.45) is 5.10 Å². The lowest BCUT2D eigenvalue weighted by Gasteiger charge is -2.02. The molecule has 2 aromatic carbocycles. The van der Waals surface area contributed by atoms with Crippen LogP contribution >= 0.6 is 0 Å². The minimum Gasteiger partial charge on any atom is -0.272 e. The SMILES string of the molecule is Cc1ccccc1/C=N\Nc1ccccc1[N+](=O)[O-]. The van der Waals surface area contributed by atoms with E-state index in [9.17, 15) is 10.1 Å². The van der Waals surface area contributed by atoms with Crippen molar-refractivity contribution in [3.05, 3.63) is 69.8 Å². The van der Waals surface area contributed by atoms with Gasteiger partial charge in [0.1, 0.15) is 5.69 Å². The van der Waals surface area contributed by atoms with E-state index < -0.39 is 4.92 Å². The second-order valence-corrected chi connectivity index (χ2v) is 4.00. The molecule has 19 heavy (non-hydrogen) atoms. The number of nitro benzene ring substituents is 1. The van der Waals surface area contributed by atoms with Crippen LogP contribution in [0.3, 0.4) is 0 Å². The average Bonchev–Trinajstić information content (AvgIpc) is 2.41. The highest BCUT2D eigenvalue weighted by atomic mass is 16.6. The fourth-order valence-electron chi connectivity index (χ4n) is 1.63. The first-order chi connectivity index (χ1) is 9.18. The molecular weight excluding hydrogens is 242 g/mol. The Bertz CT molecular complexity index is 624. The van der Waals surface area contributed by atoms with Crippen LogP contribution in [0.1, 0.15) is 11.1 Å². The van der Waals surface area contributed by atoms with Crippen molar-refractivity contribution in [1.82, 2.24) is 0 Å². The summed E-state index contributed by atoms with van der Waals surface area (Å²) in [6.45, 7) is 1.98. The summed E-state index contributed by atoms with van der Waals surface area (Å²) in [6, 6.07) is 14.2. The van der Waals surface area contributed by atoms with E-state index in [1.165, 1.54) is 6.07 Å². The zero-order valence-corrected chi connectivity index (χ0v) is 10.4. The molecule has 0 unspecified atom stereocenters. The molecule has 0 saturated carbocycles. The van der Waals surface area contributed by atoms with Crippen LogP contribution in [0, 0.1) is 17.0 Å². The first kappa shape index (κ1) is 12.8. The van der Waals surface area contributed by atoms with Crippen LogP contribution in [-0.4, -0.2) is 11.1 Å². The average molecular weight is 255 g/mol. The van der Waals surface area contributed by atoms with E-state index in [4.69, 9.17) is 0 Å². The Morgan fingerprint density at radius 2 is 1.84 bits per heavy atom. The number of nitrogens with zero attached hydrogens (tertiary/aromatic N) is 2. The molecular formula is C14H13N3O2. The molecule has 0 saturated heterocycles. The Balaban J connectivity index is 2.15. The summed E-state index contributed by atoms with van der Waals surface area (Å²) in [5.74, 6) is 0. The lowest BCUT2D eigenvalue weighted by atomic mass is 10.1. The van der Waals surface area contributed by atoms with Crippen molar-refractivity contribution in [2.45, 2.75) is 6.92 Å². The summed E-state index contributed by atoms with van der Waals surface area (Å²) >= 11 is 0. The highest BCUT2D eigenvalue weighted by molar-refractivity contribution is 5.82. The van der Waals surface area contributed by atoms with Gasteiger partial charge in [-0.25, -0.2) is 0 Å². The number of rotatable bonds is 4. The zero-order valence-electron chi connectivity index (χ0n) is 10.4. The fourth-order valence-corrected chi connectivity index (χ4v) is 1.63. The first-order valence-corrected chi connectivity index (χ1v) is 5.76. The predicted octanol–water partition coefficient (Wildman–Crippen LogP) is 3.35. The van der Waals surface area contributed by atoms with Gasteiger partial charge in [0.05, 0.1) is 11.1 Å². The predicted molar refractivity (Wildman–Crippen MR) is 75.5 cm³/mol. The number of anilines is 1. The van der Waals surface area contributed by atoms with Crippen molar-refractivity contribution in [3.8, 4) is 0 Å². The maximum Gasteiger partial charge on any atom is 0.294 e. The highest BCUT2D eigenvalue weighted by Gasteiger charge is 2.10. The van der Waals surface area contributed by atoms with Gasteiger partial charge in [-0.1, -0.05) is 36.4 Å². The molecule has 1 N–H and O–H groups in total. The van der Waals surface area contributed by atoms with Crippen molar-refractivity contribution in [3.63, 3.8) is 0 Å². The number of hydrazone groups is 1. The van der Waals surface area contributed by atoms with Gasteiger partial charge in [-0.05, 0) is 24.1 Å². The van der Waals surface area contributed by atoms with Gasteiger partial charge < -0.3 is 0 Å². The van der Waals surface area contributed by atoms with Gasteiger partial charge in [0, 0.05) is 6.07 Å². The third kappa shape index (κ3) is 3.16. The fraction of sp³-hybridized carbons (Fsp3) is 0.0714. The van der Waals surface area contributed by atoms with Crippen molar-refractivity contribution in [2.75, 3.05) is 5.43 Å². The maximum atomic E-state index is 10.8. The van der Waals surface area contributed by atoms with Crippen LogP contribution in [0.5, 0.6) is 0 Å². The number of nitro groups is 1. The number of hydrogen-bond donors (Lipinski definition) is 1. The van der Waals surface area contributed by atoms with E-state index in [1.54, 1.807) is 24.4 Å². The Kier molecular flexibility index (Phi) is 3.87. The van der Waals surface area contributed by atoms with E-state index in [0.717, 1.165) is 11.1 Å².